The van der Waals surface area contributed by atoms with Crippen LogP contribution in [0.3, 0.4) is 0 Å². The van der Waals surface area contributed by atoms with Gasteiger partial charge >= 0.3 is 17.9 Å². The van der Waals surface area contributed by atoms with Crippen molar-refractivity contribution >= 4 is 35.0 Å². The number of ether oxygens (including phenoxy) is 1. The van der Waals surface area contributed by atoms with E-state index in [2.05, 4.69) is 30.9 Å². The number of amides is 2. The van der Waals surface area contributed by atoms with E-state index in [9.17, 15) is 48.0 Å². The van der Waals surface area contributed by atoms with Crippen molar-refractivity contribution in [2.45, 2.75) is 45.3 Å². The van der Waals surface area contributed by atoms with Gasteiger partial charge in [0.25, 0.3) is 17.3 Å². The van der Waals surface area contributed by atoms with E-state index in [1.165, 1.54) is 38.1 Å². The molecule has 2 aromatic rings. The third kappa shape index (κ3) is 6.49. The number of β-lactam (4-membered cyclic amide) rings is 1. The number of aromatic nitrogens is 4. The number of non-ortho nitro benzene ring substituents is 1. The zero-order valence-electron chi connectivity index (χ0n) is 20.7. The quantitative estimate of drug-likeness (QED) is 0.0533. The first-order valence-corrected chi connectivity index (χ1v) is 11.3. The zero-order chi connectivity index (χ0) is 29.8. The smallest absolute Gasteiger partial charge is 0.452 e. The average Bonchev–Trinajstić information content (AvgIpc) is 3.34. The van der Waals surface area contributed by atoms with E-state index in [1.54, 1.807) is 0 Å². The molecule has 1 aliphatic rings. The number of hydrogen-bond donors (Lipinski definition) is 2. The summed E-state index contributed by atoms with van der Waals surface area (Å²) in [5, 5.41) is 24.4. The van der Waals surface area contributed by atoms with E-state index in [0.717, 1.165) is 0 Å². The minimum absolute atomic E-state index is 0.194. The third-order valence-corrected chi connectivity index (χ3v) is 6.00. The van der Waals surface area contributed by atoms with Crippen LogP contribution in [0.25, 0.3) is 5.53 Å². The van der Waals surface area contributed by atoms with Gasteiger partial charge in [-0.2, -0.15) is 18.0 Å². The molecule has 1 fully saturated rings. The summed E-state index contributed by atoms with van der Waals surface area (Å²) in [5.74, 6) is -7.53. The molecule has 1 aromatic heterocycles. The SMILES string of the molecule is CC(C(=O)C(=[N+]=[N-])C(=O)OCc1ccc([N+](=O)[O-])cc1)[C@H]1NC(=O)[C@@H]1[C@@H](C)NC(=O)Cn1nnnc1C(F)(F)F. The molecule has 0 saturated carbocycles. The number of hydrogen-bond acceptors (Lipinski definition) is 10. The largest absolute Gasteiger partial charge is 0.453 e. The number of nitro groups is 1. The van der Waals surface area contributed by atoms with Crippen LogP contribution >= 0.6 is 0 Å². The highest BCUT2D eigenvalue weighted by Gasteiger charge is 2.51. The van der Waals surface area contributed by atoms with Crippen LogP contribution in [0.2, 0.25) is 0 Å². The molecule has 212 valence electrons. The molecule has 1 aromatic carbocycles. The van der Waals surface area contributed by atoms with Crippen molar-refractivity contribution in [3.8, 4) is 0 Å². The molecule has 19 heteroatoms. The minimum Gasteiger partial charge on any atom is -0.452 e. The van der Waals surface area contributed by atoms with E-state index in [-0.39, 0.29) is 10.4 Å². The van der Waals surface area contributed by atoms with Crippen molar-refractivity contribution in [1.29, 1.82) is 0 Å². The number of rotatable bonds is 11. The Labute approximate surface area is 221 Å². The molecule has 0 radical (unpaired) electrons. The first kappa shape index (κ1) is 29.5. The summed E-state index contributed by atoms with van der Waals surface area (Å²) in [6, 6.07) is 3.06. The predicted molar refractivity (Wildman–Crippen MR) is 122 cm³/mol. The van der Waals surface area contributed by atoms with E-state index >= 15 is 0 Å². The fourth-order valence-electron chi connectivity index (χ4n) is 3.93. The van der Waals surface area contributed by atoms with Gasteiger partial charge in [0.15, 0.2) is 0 Å². The number of benzene rings is 1. The molecule has 1 saturated heterocycles. The molecular formula is C21H20F3N9O7. The van der Waals surface area contributed by atoms with Crippen LogP contribution in [0.15, 0.2) is 24.3 Å². The highest BCUT2D eigenvalue weighted by molar-refractivity contribution is 6.62. The molecule has 4 atom stereocenters. The van der Waals surface area contributed by atoms with Crippen LogP contribution in [-0.4, -0.2) is 71.3 Å². The fourth-order valence-corrected chi connectivity index (χ4v) is 3.93. The summed E-state index contributed by atoms with van der Waals surface area (Å²) in [6.45, 7) is 1.40. The Kier molecular flexibility index (Phi) is 8.68. The number of nitrogens with zero attached hydrogens (tertiary/aromatic N) is 7. The Morgan fingerprint density at radius 3 is 2.48 bits per heavy atom. The van der Waals surface area contributed by atoms with E-state index in [0.29, 0.717) is 5.56 Å². The highest BCUT2D eigenvalue weighted by atomic mass is 19.4. The first-order valence-electron chi connectivity index (χ1n) is 11.3. The second kappa shape index (κ2) is 11.8. The number of halogens is 3. The summed E-state index contributed by atoms with van der Waals surface area (Å²) in [5.41, 5.74) is 8.45. The van der Waals surface area contributed by atoms with Crippen LogP contribution in [0, 0.1) is 22.0 Å². The second-order valence-corrected chi connectivity index (χ2v) is 8.68. The van der Waals surface area contributed by atoms with Gasteiger partial charge in [0, 0.05) is 24.1 Å². The molecule has 1 unspecified atom stereocenters. The summed E-state index contributed by atoms with van der Waals surface area (Å²) >= 11 is 0. The molecular weight excluding hydrogens is 547 g/mol. The van der Waals surface area contributed by atoms with Gasteiger partial charge in [-0.05, 0) is 35.0 Å². The van der Waals surface area contributed by atoms with Crippen LogP contribution in [0.4, 0.5) is 18.9 Å². The maximum absolute atomic E-state index is 12.9. The van der Waals surface area contributed by atoms with Crippen LogP contribution < -0.4 is 10.6 Å². The molecule has 2 N–H and O–H groups in total. The van der Waals surface area contributed by atoms with Crippen molar-refractivity contribution < 1.29 is 46.8 Å². The number of esters is 1. The predicted octanol–water partition coefficient (Wildman–Crippen LogP) is -0.161. The standard InChI is InChI=1S/C21H20F3N9O7/c1-9(17(35)16(28-25)19(37)40-8-11-3-5-12(6-4-11)33(38)39)15-14(18(36)27-15)10(2)26-13(34)7-32-20(21(22,23)24)29-30-31-32/h3-6,9-10,14-15H,7-8H2,1-2H3,(H,26,34)(H,27,36)/t9?,10-,14-,15-/m1/s1. The number of alkyl halides is 3. The van der Waals surface area contributed by atoms with Crippen molar-refractivity contribution in [2.75, 3.05) is 0 Å². The highest BCUT2D eigenvalue weighted by Crippen LogP contribution is 2.28. The van der Waals surface area contributed by atoms with Gasteiger partial charge in [0.2, 0.25) is 11.8 Å². The Balaban J connectivity index is 1.60. The van der Waals surface area contributed by atoms with Gasteiger partial charge in [-0.15, -0.1) is 5.10 Å². The maximum atomic E-state index is 12.9. The maximum Gasteiger partial charge on any atom is 0.453 e. The minimum atomic E-state index is -4.90. The number of tetrazole rings is 1. The molecule has 16 nitrogen and oxygen atoms in total. The molecule has 2 heterocycles. The molecule has 0 spiro atoms. The summed E-state index contributed by atoms with van der Waals surface area (Å²) < 4.78 is 43.9. The number of nitro benzene ring substituents is 1. The monoisotopic (exact) mass is 567 g/mol. The van der Waals surface area contributed by atoms with Gasteiger partial charge in [0.05, 0.1) is 16.9 Å². The zero-order valence-corrected chi connectivity index (χ0v) is 20.7. The number of carbonyl (C=O) groups is 4. The lowest BCUT2D eigenvalue weighted by Gasteiger charge is -2.42. The fraction of sp³-hybridized carbons (Fsp3) is 0.429. The molecule has 2 amide bonds. The number of nitrogens with one attached hydrogen (secondary N) is 2. The van der Waals surface area contributed by atoms with Crippen molar-refractivity contribution in [2.24, 2.45) is 11.8 Å². The van der Waals surface area contributed by atoms with E-state index in [1.807, 2.05) is 0 Å². The average molecular weight is 567 g/mol. The lowest BCUT2D eigenvalue weighted by molar-refractivity contribution is -0.384. The van der Waals surface area contributed by atoms with Gasteiger partial charge in [0.1, 0.15) is 13.2 Å². The Morgan fingerprint density at radius 1 is 1.27 bits per heavy atom. The molecule has 1 aliphatic heterocycles. The number of Topliss-reactive ketones (excluding diaryl/α,β-unsaturated/α-hetero) is 1. The molecule has 0 aliphatic carbocycles. The van der Waals surface area contributed by atoms with E-state index in [4.69, 9.17) is 4.74 Å². The van der Waals surface area contributed by atoms with Crippen LogP contribution in [0.5, 0.6) is 0 Å². The van der Waals surface area contributed by atoms with Gasteiger partial charge < -0.3 is 20.9 Å². The topological polar surface area (TPSA) is 225 Å². The normalized spacial score (nSPS) is 17.9. The Bertz CT molecular complexity index is 1390. The number of ketones is 1. The lowest BCUT2D eigenvalue weighted by atomic mass is 9.75. The Morgan fingerprint density at radius 2 is 1.93 bits per heavy atom. The molecule has 40 heavy (non-hydrogen) atoms. The Hall–Kier alpha value is -5.06. The summed E-state index contributed by atoms with van der Waals surface area (Å²) in [7, 11) is 0. The van der Waals surface area contributed by atoms with Gasteiger partial charge in [-0.1, -0.05) is 6.92 Å². The van der Waals surface area contributed by atoms with Crippen LogP contribution in [0.1, 0.15) is 25.2 Å². The second-order valence-electron chi connectivity index (χ2n) is 8.68. The van der Waals surface area contributed by atoms with Crippen LogP contribution in [-0.2, 0) is 43.2 Å². The van der Waals surface area contributed by atoms with E-state index < -0.39 is 83.3 Å². The van der Waals surface area contributed by atoms with Gasteiger partial charge in [-0.25, -0.2) is 9.48 Å². The van der Waals surface area contributed by atoms with Crippen molar-refractivity contribution in [3.05, 3.63) is 51.3 Å². The summed E-state index contributed by atoms with van der Waals surface area (Å²) in [4.78, 5) is 62.6. The summed E-state index contributed by atoms with van der Waals surface area (Å²) in [6.07, 6.45) is -4.90. The van der Waals surface area contributed by atoms with Crippen molar-refractivity contribution in [1.82, 2.24) is 30.8 Å². The van der Waals surface area contributed by atoms with Gasteiger partial charge in [-0.3, -0.25) is 24.5 Å². The third-order valence-electron chi connectivity index (χ3n) is 6.00. The first-order chi connectivity index (χ1) is 18.7. The molecule has 0 bridgehead atoms. The lowest BCUT2D eigenvalue weighted by Crippen LogP contribution is -2.68. The number of carbonyl (C=O) groups excluding carboxylic acids is 4. The van der Waals surface area contributed by atoms with Crippen molar-refractivity contribution in [3.63, 3.8) is 0 Å². The molecule has 3 rings (SSSR count).